The number of unbranched alkanes of at least 4 members (excludes halogenated alkanes) is 1. The molecule has 1 atom stereocenters. The number of urea groups is 1. The number of rotatable bonds is 9. The molecule has 25 heavy (non-hydrogen) atoms. The average Bonchev–Trinajstić information content (AvgIpc) is 2.55. The van der Waals surface area contributed by atoms with Gasteiger partial charge in [-0.15, -0.1) is 0 Å². The highest BCUT2D eigenvalue weighted by Crippen LogP contribution is 2.29. The zero-order valence-electron chi connectivity index (χ0n) is 14.7. The molecule has 0 aliphatic rings. The van der Waals surface area contributed by atoms with Crippen LogP contribution in [0.15, 0.2) is 18.2 Å². The van der Waals surface area contributed by atoms with Crippen molar-refractivity contribution < 1.29 is 28.6 Å². The summed E-state index contributed by atoms with van der Waals surface area (Å²) in [6.07, 6.45) is 0.734. The first-order valence-electron chi connectivity index (χ1n) is 8.09. The van der Waals surface area contributed by atoms with Crippen LogP contribution in [0.2, 0.25) is 0 Å². The third kappa shape index (κ3) is 6.70. The molecule has 1 aromatic rings. The smallest absolute Gasteiger partial charge is 0.339 e. The number of nitrogens with one attached hydrogen (secondary N) is 1. The Bertz CT molecular complexity index is 617. The lowest BCUT2D eigenvalue weighted by atomic mass is 10.2. The molecule has 138 valence electrons. The fourth-order valence-electron chi connectivity index (χ4n) is 1.85. The molecule has 0 aromatic heterocycles. The molecular formula is C17H24N2O6. The van der Waals surface area contributed by atoms with Gasteiger partial charge in [-0.1, -0.05) is 13.3 Å². The lowest BCUT2D eigenvalue weighted by molar-refractivity contribution is -0.127. The van der Waals surface area contributed by atoms with Crippen molar-refractivity contribution >= 4 is 17.9 Å². The summed E-state index contributed by atoms with van der Waals surface area (Å²) in [4.78, 5) is 34.4. The van der Waals surface area contributed by atoms with Crippen molar-refractivity contribution in [2.45, 2.75) is 39.7 Å². The van der Waals surface area contributed by atoms with Crippen LogP contribution in [0, 0.1) is 0 Å². The SMILES string of the molecule is CCCCOc1ccc(C(=O)O[C@@H](C)C(=O)NC(N)=O)cc1OCC. The number of imide groups is 1. The lowest BCUT2D eigenvalue weighted by Gasteiger charge is -2.15. The summed E-state index contributed by atoms with van der Waals surface area (Å²) < 4.78 is 16.1. The van der Waals surface area contributed by atoms with Crippen LogP contribution in [0.3, 0.4) is 0 Å². The van der Waals surface area contributed by atoms with Gasteiger partial charge in [0.05, 0.1) is 18.8 Å². The molecule has 0 bridgehead atoms. The molecule has 8 heteroatoms. The van der Waals surface area contributed by atoms with Crippen LogP contribution < -0.4 is 20.5 Å². The number of nitrogens with two attached hydrogens (primary N) is 1. The fraction of sp³-hybridized carbons (Fsp3) is 0.471. The van der Waals surface area contributed by atoms with Crippen molar-refractivity contribution in [3.63, 3.8) is 0 Å². The van der Waals surface area contributed by atoms with Crippen molar-refractivity contribution in [3.8, 4) is 11.5 Å². The number of esters is 1. The van der Waals surface area contributed by atoms with Gasteiger partial charge in [0.15, 0.2) is 17.6 Å². The van der Waals surface area contributed by atoms with Gasteiger partial charge < -0.3 is 19.9 Å². The van der Waals surface area contributed by atoms with Crippen LogP contribution in [0.4, 0.5) is 4.79 Å². The average molecular weight is 352 g/mol. The zero-order chi connectivity index (χ0) is 18.8. The highest BCUT2D eigenvalue weighted by molar-refractivity contribution is 5.98. The minimum Gasteiger partial charge on any atom is -0.490 e. The molecule has 8 nitrogen and oxygen atoms in total. The molecule has 3 amide bonds. The molecule has 0 saturated carbocycles. The first-order valence-corrected chi connectivity index (χ1v) is 8.09. The van der Waals surface area contributed by atoms with E-state index in [9.17, 15) is 14.4 Å². The Labute approximate surface area is 146 Å². The van der Waals surface area contributed by atoms with Crippen LogP contribution in [0.5, 0.6) is 11.5 Å². The number of ether oxygens (including phenoxy) is 3. The quantitative estimate of drug-likeness (QED) is 0.518. The zero-order valence-corrected chi connectivity index (χ0v) is 14.7. The topological polar surface area (TPSA) is 117 Å². The Balaban J connectivity index is 2.82. The minimum atomic E-state index is -1.17. The normalized spacial score (nSPS) is 11.3. The number of amides is 3. The molecule has 0 fully saturated rings. The Morgan fingerprint density at radius 1 is 1.16 bits per heavy atom. The van der Waals surface area contributed by atoms with Crippen LogP contribution in [0.25, 0.3) is 0 Å². The molecule has 0 radical (unpaired) electrons. The predicted molar refractivity (Wildman–Crippen MR) is 90.6 cm³/mol. The van der Waals surface area contributed by atoms with Crippen LogP contribution in [0.1, 0.15) is 44.0 Å². The number of carbonyl (C=O) groups is 3. The van der Waals surface area contributed by atoms with Crippen LogP contribution >= 0.6 is 0 Å². The highest BCUT2D eigenvalue weighted by Gasteiger charge is 2.21. The van der Waals surface area contributed by atoms with Gasteiger partial charge in [0.1, 0.15) is 0 Å². The van der Waals surface area contributed by atoms with Gasteiger partial charge in [-0.05, 0) is 38.5 Å². The molecule has 0 unspecified atom stereocenters. The summed E-state index contributed by atoms with van der Waals surface area (Å²) in [7, 11) is 0. The van der Waals surface area contributed by atoms with Gasteiger partial charge in [-0.2, -0.15) is 0 Å². The van der Waals surface area contributed by atoms with Crippen LogP contribution in [-0.4, -0.2) is 37.2 Å². The van der Waals surface area contributed by atoms with E-state index in [2.05, 4.69) is 6.92 Å². The number of hydrogen-bond acceptors (Lipinski definition) is 6. The second kappa shape index (κ2) is 10.2. The van der Waals surface area contributed by atoms with Gasteiger partial charge in [0.2, 0.25) is 0 Å². The maximum Gasteiger partial charge on any atom is 0.339 e. The van der Waals surface area contributed by atoms with Gasteiger partial charge in [0, 0.05) is 0 Å². The van der Waals surface area contributed by atoms with Crippen molar-refractivity contribution in [2.24, 2.45) is 5.73 Å². The number of carbonyl (C=O) groups excluding carboxylic acids is 3. The van der Waals surface area contributed by atoms with E-state index in [0.717, 1.165) is 12.8 Å². The van der Waals surface area contributed by atoms with Gasteiger partial charge in [-0.3, -0.25) is 10.1 Å². The molecule has 0 heterocycles. The van der Waals surface area contributed by atoms with E-state index < -0.39 is 24.0 Å². The van der Waals surface area contributed by atoms with Gasteiger partial charge in [-0.25, -0.2) is 9.59 Å². The Hall–Kier alpha value is -2.77. The summed E-state index contributed by atoms with van der Waals surface area (Å²) in [5.41, 5.74) is 5.05. The van der Waals surface area contributed by atoms with E-state index >= 15 is 0 Å². The summed E-state index contributed by atoms with van der Waals surface area (Å²) >= 11 is 0. The van der Waals surface area contributed by atoms with Gasteiger partial charge in [0.25, 0.3) is 5.91 Å². The number of primary amides is 1. The summed E-state index contributed by atoms with van der Waals surface area (Å²) in [5, 5.41) is 1.85. The Morgan fingerprint density at radius 2 is 1.88 bits per heavy atom. The number of benzene rings is 1. The molecular weight excluding hydrogens is 328 g/mol. The maximum absolute atomic E-state index is 12.2. The molecule has 0 aliphatic heterocycles. The molecule has 0 aliphatic carbocycles. The van der Waals surface area contributed by atoms with E-state index in [1.54, 1.807) is 6.07 Å². The molecule has 0 spiro atoms. The predicted octanol–water partition coefficient (Wildman–Crippen LogP) is 2.00. The van der Waals surface area contributed by atoms with E-state index in [1.807, 2.05) is 12.2 Å². The standard InChI is InChI=1S/C17H24N2O6/c1-4-6-9-24-13-8-7-12(10-14(13)23-5-2)16(21)25-11(3)15(20)19-17(18)22/h7-8,10-11H,4-6,9H2,1-3H3,(H3,18,19,20,22)/t11-/m0/s1. The van der Waals surface area contributed by atoms with Crippen LogP contribution in [-0.2, 0) is 9.53 Å². The molecule has 0 saturated heterocycles. The number of hydrogen-bond donors (Lipinski definition) is 2. The molecule has 3 N–H and O–H groups in total. The first kappa shape index (κ1) is 20.3. The third-order valence-corrected chi connectivity index (χ3v) is 3.13. The largest absolute Gasteiger partial charge is 0.490 e. The Morgan fingerprint density at radius 3 is 2.48 bits per heavy atom. The Kier molecular flexibility index (Phi) is 8.25. The van der Waals surface area contributed by atoms with Gasteiger partial charge >= 0.3 is 12.0 Å². The third-order valence-electron chi connectivity index (χ3n) is 3.13. The summed E-state index contributed by atoms with van der Waals surface area (Å²) in [6, 6.07) is 3.61. The second-order valence-corrected chi connectivity index (χ2v) is 5.20. The lowest BCUT2D eigenvalue weighted by Crippen LogP contribution is -2.42. The van der Waals surface area contributed by atoms with Crippen molar-refractivity contribution in [1.82, 2.24) is 5.32 Å². The van der Waals surface area contributed by atoms with E-state index in [4.69, 9.17) is 19.9 Å². The monoisotopic (exact) mass is 352 g/mol. The van der Waals surface area contributed by atoms with Crippen molar-refractivity contribution in [1.29, 1.82) is 0 Å². The second-order valence-electron chi connectivity index (χ2n) is 5.20. The summed E-state index contributed by atoms with van der Waals surface area (Å²) in [5.74, 6) is -0.577. The molecule has 1 aromatic carbocycles. The van der Waals surface area contributed by atoms with E-state index in [0.29, 0.717) is 24.7 Å². The maximum atomic E-state index is 12.2. The highest BCUT2D eigenvalue weighted by atomic mass is 16.5. The van der Waals surface area contributed by atoms with Crippen molar-refractivity contribution in [2.75, 3.05) is 13.2 Å². The minimum absolute atomic E-state index is 0.199. The van der Waals surface area contributed by atoms with Crippen molar-refractivity contribution in [3.05, 3.63) is 23.8 Å². The summed E-state index contributed by atoms with van der Waals surface area (Å²) in [6.45, 7) is 6.16. The fourth-order valence-corrected chi connectivity index (χ4v) is 1.85. The van der Waals surface area contributed by atoms with E-state index in [1.165, 1.54) is 19.1 Å². The first-order chi connectivity index (χ1) is 11.9. The molecule has 1 rings (SSSR count). The van der Waals surface area contributed by atoms with E-state index in [-0.39, 0.29) is 5.56 Å².